The number of carbonyl (C=O) groups is 3. The van der Waals surface area contributed by atoms with Gasteiger partial charge in [-0.2, -0.15) is 0 Å². The van der Waals surface area contributed by atoms with Crippen LogP contribution in [0.25, 0.3) is 0 Å². The largest absolute Gasteiger partial charge is 0.480 e. The summed E-state index contributed by atoms with van der Waals surface area (Å²) in [5, 5.41) is 10.9. The summed E-state index contributed by atoms with van der Waals surface area (Å²) in [6, 6.07) is 5.78. The van der Waals surface area contributed by atoms with Crippen LogP contribution in [0.5, 0.6) is 0 Å². The van der Waals surface area contributed by atoms with Crippen molar-refractivity contribution >= 4 is 35.2 Å². The number of anilines is 1. The van der Waals surface area contributed by atoms with Crippen LogP contribution >= 0.6 is 11.8 Å². The van der Waals surface area contributed by atoms with Crippen LogP contribution < -0.4 is 10.2 Å². The molecular formula is C15H17FN2O4S. The van der Waals surface area contributed by atoms with E-state index in [1.165, 1.54) is 4.90 Å². The van der Waals surface area contributed by atoms with Crippen LogP contribution in [-0.4, -0.2) is 48.4 Å². The number of carboxylic acids is 1. The lowest BCUT2D eigenvalue weighted by atomic mass is 10.1. The van der Waals surface area contributed by atoms with Crippen molar-refractivity contribution in [3.8, 4) is 0 Å². The van der Waals surface area contributed by atoms with Crippen LogP contribution in [0, 0.1) is 5.92 Å². The maximum Gasteiger partial charge on any atom is 0.328 e. The molecule has 1 fully saturated rings. The van der Waals surface area contributed by atoms with Crippen LogP contribution in [0.1, 0.15) is 6.42 Å². The molecule has 6 nitrogen and oxygen atoms in total. The average molecular weight is 340 g/mol. The van der Waals surface area contributed by atoms with Gasteiger partial charge in [-0.3, -0.25) is 9.59 Å². The number of hydrogen-bond donors (Lipinski definition) is 2. The molecule has 1 aliphatic heterocycles. The van der Waals surface area contributed by atoms with Gasteiger partial charge in [0.1, 0.15) is 6.67 Å². The Morgan fingerprint density at radius 1 is 1.43 bits per heavy atom. The SMILES string of the molecule is CSc1ccc(N2CC(C(=O)NC(CF)C(=O)O)CC2=O)cc1. The first kappa shape index (κ1) is 17.3. The molecule has 0 aromatic heterocycles. The quantitative estimate of drug-likeness (QED) is 0.762. The number of nitrogens with zero attached hydrogens (tertiary/aromatic N) is 1. The van der Waals surface area contributed by atoms with Gasteiger partial charge in [0.15, 0.2) is 6.04 Å². The predicted molar refractivity (Wildman–Crippen MR) is 84.2 cm³/mol. The van der Waals surface area contributed by atoms with E-state index in [1.54, 1.807) is 23.9 Å². The molecule has 0 spiro atoms. The van der Waals surface area contributed by atoms with Gasteiger partial charge >= 0.3 is 5.97 Å². The fourth-order valence-corrected chi connectivity index (χ4v) is 2.76. The number of benzene rings is 1. The number of aliphatic carboxylic acids is 1. The Kier molecular flexibility index (Phi) is 5.59. The lowest BCUT2D eigenvalue weighted by molar-refractivity contribution is -0.142. The minimum absolute atomic E-state index is 0.0191. The molecule has 8 heteroatoms. The van der Waals surface area contributed by atoms with E-state index in [2.05, 4.69) is 5.32 Å². The first-order valence-corrected chi connectivity index (χ1v) is 8.22. The highest BCUT2D eigenvalue weighted by Crippen LogP contribution is 2.27. The molecule has 2 amide bonds. The van der Waals surface area contributed by atoms with Gasteiger partial charge in [-0.1, -0.05) is 0 Å². The number of rotatable bonds is 6. The summed E-state index contributed by atoms with van der Waals surface area (Å²) < 4.78 is 12.6. The van der Waals surface area contributed by atoms with Crippen LogP contribution in [-0.2, 0) is 14.4 Å². The Morgan fingerprint density at radius 2 is 2.09 bits per heavy atom. The van der Waals surface area contributed by atoms with Gasteiger partial charge in [0.05, 0.1) is 5.92 Å². The van der Waals surface area contributed by atoms with Crippen LogP contribution in [0.2, 0.25) is 0 Å². The molecule has 0 saturated carbocycles. The third-order valence-electron chi connectivity index (χ3n) is 3.65. The zero-order valence-electron chi connectivity index (χ0n) is 12.5. The highest BCUT2D eigenvalue weighted by molar-refractivity contribution is 7.98. The zero-order chi connectivity index (χ0) is 17.0. The van der Waals surface area contributed by atoms with Crippen molar-refractivity contribution in [2.24, 2.45) is 5.92 Å². The summed E-state index contributed by atoms with van der Waals surface area (Å²) in [5.41, 5.74) is 0.684. The molecule has 23 heavy (non-hydrogen) atoms. The summed E-state index contributed by atoms with van der Waals surface area (Å²) >= 11 is 1.58. The second kappa shape index (κ2) is 7.45. The van der Waals surface area contributed by atoms with Crippen molar-refractivity contribution in [1.29, 1.82) is 0 Å². The van der Waals surface area contributed by atoms with Crippen molar-refractivity contribution < 1.29 is 23.9 Å². The Balaban J connectivity index is 2.03. The topological polar surface area (TPSA) is 86.7 Å². The summed E-state index contributed by atoms with van der Waals surface area (Å²) in [5.74, 6) is -2.95. The lowest BCUT2D eigenvalue weighted by Crippen LogP contribution is -2.45. The van der Waals surface area contributed by atoms with E-state index in [-0.39, 0.29) is 18.9 Å². The van der Waals surface area contributed by atoms with E-state index in [4.69, 9.17) is 5.11 Å². The van der Waals surface area contributed by atoms with E-state index in [1.807, 2.05) is 18.4 Å². The highest BCUT2D eigenvalue weighted by Gasteiger charge is 2.36. The molecule has 1 aromatic rings. The van der Waals surface area contributed by atoms with Gasteiger partial charge in [-0.15, -0.1) is 11.8 Å². The van der Waals surface area contributed by atoms with Crippen LogP contribution in [0.15, 0.2) is 29.2 Å². The third-order valence-corrected chi connectivity index (χ3v) is 4.39. The highest BCUT2D eigenvalue weighted by atomic mass is 32.2. The molecule has 2 rings (SSSR count). The zero-order valence-corrected chi connectivity index (χ0v) is 13.3. The Morgan fingerprint density at radius 3 is 2.61 bits per heavy atom. The predicted octanol–water partition coefficient (Wildman–Crippen LogP) is 1.30. The fourth-order valence-electron chi connectivity index (χ4n) is 2.35. The number of thioether (sulfide) groups is 1. The molecule has 2 atom stereocenters. The normalized spacial score (nSPS) is 18.8. The second-order valence-corrected chi connectivity index (χ2v) is 6.04. The first-order chi connectivity index (χ1) is 11.0. The summed E-state index contributed by atoms with van der Waals surface area (Å²) in [4.78, 5) is 37.4. The standard InChI is InChI=1S/C15H17FN2O4S/c1-23-11-4-2-10(3-5-11)18-8-9(6-13(18)19)14(20)17-12(7-16)15(21)22/h2-5,9,12H,6-8H2,1H3,(H,17,20)(H,21,22). The molecule has 124 valence electrons. The van der Waals surface area contributed by atoms with Gasteiger partial charge < -0.3 is 15.3 Å². The third kappa shape index (κ3) is 4.01. The van der Waals surface area contributed by atoms with Gasteiger partial charge in [-0.25, -0.2) is 9.18 Å². The van der Waals surface area contributed by atoms with E-state index in [0.29, 0.717) is 5.69 Å². The second-order valence-electron chi connectivity index (χ2n) is 5.16. The Hall–Kier alpha value is -2.09. The van der Waals surface area contributed by atoms with Gasteiger partial charge in [0.25, 0.3) is 0 Å². The van der Waals surface area contributed by atoms with Crippen LogP contribution in [0.3, 0.4) is 0 Å². The molecule has 1 heterocycles. The number of hydrogen-bond acceptors (Lipinski definition) is 4. The maximum atomic E-state index is 12.6. The molecule has 0 bridgehead atoms. The molecule has 1 saturated heterocycles. The first-order valence-electron chi connectivity index (χ1n) is 6.99. The molecule has 0 radical (unpaired) electrons. The minimum atomic E-state index is -1.58. The van der Waals surface area contributed by atoms with Crippen molar-refractivity contribution in [2.75, 3.05) is 24.4 Å². The minimum Gasteiger partial charge on any atom is -0.480 e. The maximum absolute atomic E-state index is 12.6. The van der Waals surface area contributed by atoms with Gasteiger partial charge in [-0.05, 0) is 30.5 Å². The Bertz CT molecular complexity index is 608. The molecule has 1 aromatic carbocycles. The molecule has 0 aliphatic carbocycles. The van der Waals surface area contributed by atoms with Gasteiger partial charge in [0, 0.05) is 23.5 Å². The monoisotopic (exact) mass is 340 g/mol. The summed E-state index contributed by atoms with van der Waals surface area (Å²) in [7, 11) is 0. The molecule has 2 unspecified atom stereocenters. The van der Waals surface area contributed by atoms with Gasteiger partial charge in [0.2, 0.25) is 11.8 Å². The van der Waals surface area contributed by atoms with Crippen molar-refractivity contribution in [3.05, 3.63) is 24.3 Å². The van der Waals surface area contributed by atoms with E-state index >= 15 is 0 Å². The number of amides is 2. The number of nitrogens with one attached hydrogen (secondary N) is 1. The lowest BCUT2D eigenvalue weighted by Gasteiger charge is -2.18. The van der Waals surface area contributed by atoms with Crippen molar-refractivity contribution in [1.82, 2.24) is 5.32 Å². The van der Waals surface area contributed by atoms with Crippen LogP contribution in [0.4, 0.5) is 10.1 Å². The average Bonchev–Trinajstić information content (AvgIpc) is 2.94. The molecular weight excluding hydrogens is 323 g/mol. The van der Waals surface area contributed by atoms with Crippen molar-refractivity contribution in [2.45, 2.75) is 17.4 Å². The smallest absolute Gasteiger partial charge is 0.328 e. The fraction of sp³-hybridized carbons (Fsp3) is 0.400. The van der Waals surface area contributed by atoms with E-state index in [0.717, 1.165) is 4.90 Å². The number of carbonyl (C=O) groups excluding carboxylic acids is 2. The number of carboxylic acid groups (broad SMARTS) is 1. The number of halogens is 1. The van der Waals surface area contributed by atoms with E-state index in [9.17, 15) is 18.8 Å². The Labute approximate surface area is 137 Å². The summed E-state index contributed by atoms with van der Waals surface area (Å²) in [6.45, 7) is -1.04. The van der Waals surface area contributed by atoms with E-state index < -0.39 is 30.5 Å². The summed E-state index contributed by atoms with van der Waals surface area (Å²) in [6.07, 6.45) is 1.93. The molecule has 1 aliphatic rings. The number of alkyl halides is 1. The molecule has 2 N–H and O–H groups in total. The van der Waals surface area contributed by atoms with Crippen molar-refractivity contribution in [3.63, 3.8) is 0 Å².